The highest BCUT2D eigenvalue weighted by molar-refractivity contribution is 7.81. The van der Waals surface area contributed by atoms with Gasteiger partial charge in [0.05, 0.1) is 40.0 Å². The van der Waals surface area contributed by atoms with Crippen LogP contribution in [0.2, 0.25) is 0 Å². The third-order valence-electron chi connectivity index (χ3n) is 3.29. The lowest BCUT2D eigenvalue weighted by atomic mass is 10.3. The Morgan fingerprint density at radius 2 is 2.08 bits per heavy atom. The van der Waals surface area contributed by atoms with Gasteiger partial charge in [0.25, 0.3) is 0 Å². The lowest BCUT2D eigenvalue weighted by Gasteiger charge is -2.24. The van der Waals surface area contributed by atoms with Crippen LogP contribution in [-0.2, 0) is 11.3 Å². The van der Waals surface area contributed by atoms with Crippen molar-refractivity contribution in [2.45, 2.75) is 6.92 Å². The van der Waals surface area contributed by atoms with Crippen LogP contribution >= 0.6 is 11.3 Å². The van der Waals surface area contributed by atoms with Crippen molar-refractivity contribution in [1.82, 2.24) is 14.8 Å². The van der Waals surface area contributed by atoms with Crippen molar-refractivity contribution in [2.75, 3.05) is 4.31 Å². The zero-order chi connectivity index (χ0) is 17.3. The van der Waals surface area contributed by atoms with E-state index in [0.717, 1.165) is 21.3 Å². The van der Waals surface area contributed by atoms with E-state index in [1.54, 1.807) is 11.6 Å². The SMILES string of the molecule is Cc1c(N(c2scnc2C(=O)O)S(=O)[O-])cnn1-c1ccccc1. The number of hydrogen-bond acceptors (Lipinski definition) is 6. The van der Waals surface area contributed by atoms with Crippen molar-refractivity contribution in [3.05, 3.63) is 53.4 Å². The maximum atomic E-state index is 11.7. The first-order valence-electron chi connectivity index (χ1n) is 6.67. The number of aromatic carboxylic acids is 1. The molecule has 0 bridgehead atoms. The number of thiazole rings is 1. The first-order valence-corrected chi connectivity index (χ1v) is 8.58. The van der Waals surface area contributed by atoms with Crippen LogP contribution < -0.4 is 4.31 Å². The summed E-state index contributed by atoms with van der Waals surface area (Å²) in [4.78, 5) is 15.0. The van der Waals surface area contributed by atoms with Crippen molar-refractivity contribution >= 4 is 39.3 Å². The lowest BCUT2D eigenvalue weighted by Crippen LogP contribution is -2.21. The molecule has 1 atom stereocenters. The molecule has 0 aliphatic heterocycles. The van der Waals surface area contributed by atoms with Gasteiger partial charge in [0.1, 0.15) is 5.00 Å². The Labute approximate surface area is 143 Å². The second kappa shape index (κ2) is 6.51. The van der Waals surface area contributed by atoms with Crippen LogP contribution in [0.15, 0.2) is 42.0 Å². The highest BCUT2D eigenvalue weighted by Gasteiger charge is 2.25. The predicted molar refractivity (Wildman–Crippen MR) is 88.4 cm³/mol. The number of benzene rings is 1. The molecular weight excluding hydrogens is 352 g/mol. The van der Waals surface area contributed by atoms with Crippen molar-refractivity contribution in [1.29, 1.82) is 0 Å². The molecule has 8 nitrogen and oxygen atoms in total. The second-order valence-electron chi connectivity index (χ2n) is 4.69. The molecule has 1 N–H and O–H groups in total. The van der Waals surface area contributed by atoms with Gasteiger partial charge in [0.15, 0.2) is 5.69 Å². The van der Waals surface area contributed by atoms with Gasteiger partial charge in [0, 0.05) is 0 Å². The first-order chi connectivity index (χ1) is 11.5. The van der Waals surface area contributed by atoms with Gasteiger partial charge in [-0.2, -0.15) is 5.10 Å². The van der Waals surface area contributed by atoms with Crippen LogP contribution in [0, 0.1) is 6.92 Å². The number of hydrogen-bond donors (Lipinski definition) is 1. The Balaban J connectivity index is 2.12. The molecular formula is C14H11N4O4S2-. The van der Waals surface area contributed by atoms with Gasteiger partial charge in [-0.25, -0.2) is 14.5 Å². The van der Waals surface area contributed by atoms with Crippen molar-refractivity contribution in [3.8, 4) is 5.69 Å². The van der Waals surface area contributed by atoms with Crippen molar-refractivity contribution in [2.24, 2.45) is 0 Å². The quantitative estimate of drug-likeness (QED) is 0.696. The second-order valence-corrected chi connectivity index (χ2v) is 6.32. The summed E-state index contributed by atoms with van der Waals surface area (Å²) in [6.45, 7) is 1.71. The topological polar surface area (TPSA) is 111 Å². The molecule has 3 rings (SSSR count). The number of rotatable bonds is 5. The van der Waals surface area contributed by atoms with Crippen molar-refractivity contribution < 1.29 is 18.7 Å². The maximum Gasteiger partial charge on any atom is 0.357 e. The van der Waals surface area contributed by atoms with E-state index in [4.69, 9.17) is 0 Å². The molecule has 0 saturated carbocycles. The monoisotopic (exact) mass is 363 g/mol. The Morgan fingerprint density at radius 3 is 2.71 bits per heavy atom. The van der Waals surface area contributed by atoms with Gasteiger partial charge >= 0.3 is 5.97 Å². The minimum absolute atomic E-state index is 0.00606. The fourth-order valence-corrected chi connectivity index (χ4v) is 3.80. The molecule has 1 aromatic carbocycles. The summed E-state index contributed by atoms with van der Waals surface area (Å²) < 4.78 is 26.0. The van der Waals surface area contributed by atoms with Gasteiger partial charge in [-0.15, -0.1) is 11.3 Å². The van der Waals surface area contributed by atoms with E-state index >= 15 is 0 Å². The zero-order valence-corrected chi connectivity index (χ0v) is 14.0. The summed E-state index contributed by atoms with van der Waals surface area (Å²) in [5.74, 6) is -1.30. The molecule has 0 spiro atoms. The highest BCUT2D eigenvalue weighted by Crippen LogP contribution is 2.35. The maximum absolute atomic E-state index is 11.7. The van der Waals surface area contributed by atoms with Crippen LogP contribution in [0.1, 0.15) is 16.2 Å². The van der Waals surface area contributed by atoms with Gasteiger partial charge in [-0.3, -0.25) is 8.51 Å². The largest absolute Gasteiger partial charge is 0.755 e. The highest BCUT2D eigenvalue weighted by atomic mass is 32.2. The molecule has 0 aliphatic rings. The molecule has 0 aliphatic carbocycles. The van der Waals surface area contributed by atoms with E-state index in [9.17, 15) is 18.7 Å². The third-order valence-corrected chi connectivity index (χ3v) is 4.89. The molecule has 2 heterocycles. The van der Waals surface area contributed by atoms with Gasteiger partial charge in [-0.1, -0.05) is 18.2 Å². The average molecular weight is 363 g/mol. The average Bonchev–Trinajstić information content (AvgIpc) is 3.17. The summed E-state index contributed by atoms with van der Waals surface area (Å²) in [5, 5.41) is 13.4. The lowest BCUT2D eigenvalue weighted by molar-refractivity contribution is 0.0692. The summed E-state index contributed by atoms with van der Waals surface area (Å²) >= 11 is -1.80. The normalized spacial score (nSPS) is 12.1. The molecule has 0 radical (unpaired) electrons. The van der Waals surface area contributed by atoms with Crippen LogP contribution in [0.4, 0.5) is 10.7 Å². The number of carbonyl (C=O) groups is 1. The van der Waals surface area contributed by atoms with Crippen LogP contribution in [0.5, 0.6) is 0 Å². The van der Waals surface area contributed by atoms with E-state index in [1.165, 1.54) is 11.7 Å². The van der Waals surface area contributed by atoms with E-state index < -0.39 is 17.2 Å². The standard InChI is InChI=1S/C14H12N4O4S2/c1-9-11(7-16-17(9)10-5-3-2-4-6-10)18(24(21)22)13-12(14(19)20)15-8-23-13/h2-8H,1H3,(H,19,20)(H,21,22)/p-1. The van der Waals surface area contributed by atoms with Gasteiger partial charge in [-0.05, 0) is 19.1 Å². The third kappa shape index (κ3) is 2.82. The molecule has 1 unspecified atom stereocenters. The fourth-order valence-electron chi connectivity index (χ4n) is 2.22. The molecule has 2 aromatic heterocycles. The van der Waals surface area contributed by atoms with Crippen LogP contribution in [0.25, 0.3) is 5.69 Å². The Hall–Kier alpha value is -2.56. The minimum atomic E-state index is -2.73. The van der Waals surface area contributed by atoms with Crippen molar-refractivity contribution in [3.63, 3.8) is 0 Å². The molecule has 0 amide bonds. The summed E-state index contributed by atoms with van der Waals surface area (Å²) in [6.07, 6.45) is 1.38. The van der Waals surface area contributed by atoms with Gasteiger partial charge in [0.2, 0.25) is 0 Å². The summed E-state index contributed by atoms with van der Waals surface area (Å²) in [5.41, 5.74) is 2.54. The number of para-hydroxylation sites is 1. The molecule has 0 fully saturated rings. The van der Waals surface area contributed by atoms with Crippen LogP contribution in [0.3, 0.4) is 0 Å². The number of aromatic nitrogens is 3. The van der Waals surface area contributed by atoms with E-state index in [-0.39, 0.29) is 16.4 Å². The summed E-state index contributed by atoms with van der Waals surface area (Å²) in [6, 6.07) is 9.20. The van der Waals surface area contributed by atoms with E-state index in [1.807, 2.05) is 30.3 Å². The Bertz CT molecular complexity index is 907. The predicted octanol–water partition coefficient (Wildman–Crippen LogP) is 2.27. The molecule has 24 heavy (non-hydrogen) atoms. The minimum Gasteiger partial charge on any atom is -0.755 e. The van der Waals surface area contributed by atoms with Gasteiger partial charge < -0.3 is 9.66 Å². The molecule has 3 aromatic rings. The smallest absolute Gasteiger partial charge is 0.357 e. The number of anilines is 2. The number of carboxylic acids is 1. The first kappa shape index (κ1) is 16.3. The molecule has 124 valence electrons. The number of carboxylic acid groups (broad SMARTS) is 1. The van der Waals surface area contributed by atoms with E-state index in [2.05, 4.69) is 10.1 Å². The van der Waals surface area contributed by atoms with E-state index in [0.29, 0.717) is 5.69 Å². The zero-order valence-electron chi connectivity index (χ0n) is 12.3. The molecule has 10 heteroatoms. The molecule has 0 saturated heterocycles. The summed E-state index contributed by atoms with van der Waals surface area (Å²) in [7, 11) is 0. The Kier molecular flexibility index (Phi) is 4.42. The number of nitrogens with zero attached hydrogens (tertiary/aromatic N) is 4. The fraction of sp³-hybridized carbons (Fsp3) is 0.0714. The van der Waals surface area contributed by atoms with Crippen LogP contribution in [-0.4, -0.2) is 34.6 Å². The Morgan fingerprint density at radius 1 is 1.38 bits per heavy atom.